The summed E-state index contributed by atoms with van der Waals surface area (Å²) in [7, 11) is 0. The Hall–Kier alpha value is -1.40. The van der Waals surface area contributed by atoms with Crippen molar-refractivity contribution in [3.05, 3.63) is 21.9 Å². The van der Waals surface area contributed by atoms with Gasteiger partial charge in [0, 0.05) is 11.4 Å². The minimum Gasteiger partial charge on any atom is -0.479 e. The predicted octanol–water partition coefficient (Wildman–Crippen LogP) is 1.40. The van der Waals surface area contributed by atoms with Crippen molar-refractivity contribution in [2.24, 2.45) is 0 Å². The normalized spacial score (nSPS) is 29.2. The number of nitrogens with zero attached hydrogens (tertiary/aromatic N) is 1. The molecule has 0 saturated carbocycles. The smallest absolute Gasteiger partial charge is 0.331 e. The number of rotatable bonds is 2. The van der Waals surface area contributed by atoms with Gasteiger partial charge in [-0.1, -0.05) is 0 Å². The van der Waals surface area contributed by atoms with Crippen LogP contribution < -0.4 is 5.32 Å². The van der Waals surface area contributed by atoms with Gasteiger partial charge in [0.25, 0.3) is 0 Å². The van der Waals surface area contributed by atoms with Gasteiger partial charge in [-0.15, -0.1) is 11.3 Å². The zero-order valence-corrected chi connectivity index (χ0v) is 12.2. The van der Waals surface area contributed by atoms with Gasteiger partial charge >= 0.3 is 5.97 Å². The Morgan fingerprint density at radius 2 is 2.35 bits per heavy atom. The Balaban J connectivity index is 1.93. The quantitative estimate of drug-likeness (QED) is 0.865. The molecule has 1 aromatic heterocycles. The molecule has 1 amide bonds. The van der Waals surface area contributed by atoms with E-state index in [-0.39, 0.29) is 5.91 Å². The molecular weight excluding hydrogens is 276 g/mol. The van der Waals surface area contributed by atoms with E-state index in [0.29, 0.717) is 6.54 Å². The van der Waals surface area contributed by atoms with Crippen LogP contribution in [-0.2, 0) is 16.0 Å². The van der Waals surface area contributed by atoms with Gasteiger partial charge in [0.2, 0.25) is 5.91 Å². The number of carbonyl (C=O) groups is 2. The van der Waals surface area contributed by atoms with Crippen LogP contribution in [0.1, 0.15) is 36.2 Å². The highest BCUT2D eigenvalue weighted by atomic mass is 32.1. The number of carboxylic acid groups (broad SMARTS) is 1. The lowest BCUT2D eigenvalue weighted by molar-refractivity contribution is -0.153. The molecule has 1 saturated heterocycles. The zero-order chi connectivity index (χ0) is 14.3. The molecule has 3 rings (SSSR count). The summed E-state index contributed by atoms with van der Waals surface area (Å²) in [6, 6.07) is 1.000. The number of amides is 1. The fourth-order valence-corrected chi connectivity index (χ4v) is 4.10. The molecule has 0 radical (unpaired) electrons. The summed E-state index contributed by atoms with van der Waals surface area (Å²) in [4.78, 5) is 27.0. The van der Waals surface area contributed by atoms with Crippen LogP contribution >= 0.6 is 11.3 Å². The highest BCUT2D eigenvalue weighted by Gasteiger charge is 2.45. The molecule has 1 fully saturated rings. The van der Waals surface area contributed by atoms with Gasteiger partial charge in [0.05, 0.1) is 5.54 Å². The number of thiophene rings is 1. The van der Waals surface area contributed by atoms with E-state index in [1.54, 1.807) is 11.3 Å². The molecule has 2 unspecified atom stereocenters. The van der Waals surface area contributed by atoms with Crippen molar-refractivity contribution < 1.29 is 14.7 Å². The Morgan fingerprint density at radius 3 is 3.00 bits per heavy atom. The van der Waals surface area contributed by atoms with Gasteiger partial charge in [0.1, 0.15) is 0 Å². The lowest BCUT2D eigenvalue weighted by Crippen LogP contribution is -2.56. The number of aliphatic carboxylic acids is 1. The molecule has 0 aromatic carbocycles. The molecule has 6 heteroatoms. The van der Waals surface area contributed by atoms with Crippen LogP contribution in [0.4, 0.5) is 0 Å². The van der Waals surface area contributed by atoms with Crippen molar-refractivity contribution in [3.8, 4) is 0 Å². The minimum atomic E-state index is -0.945. The molecule has 2 N–H and O–H groups in total. The molecule has 0 bridgehead atoms. The van der Waals surface area contributed by atoms with Crippen molar-refractivity contribution in [1.82, 2.24) is 10.2 Å². The number of hydrogen-bond donors (Lipinski definition) is 2. The molecule has 5 nitrogen and oxygen atoms in total. The molecule has 2 atom stereocenters. The third-order valence-electron chi connectivity index (χ3n) is 4.30. The second kappa shape index (κ2) is 4.86. The van der Waals surface area contributed by atoms with Crippen molar-refractivity contribution in [3.63, 3.8) is 0 Å². The molecule has 2 aliphatic heterocycles. The highest BCUT2D eigenvalue weighted by Crippen LogP contribution is 2.35. The second-order valence-corrected chi connectivity index (χ2v) is 6.65. The summed E-state index contributed by atoms with van der Waals surface area (Å²) in [5, 5.41) is 14.7. The molecule has 0 spiro atoms. The van der Waals surface area contributed by atoms with Crippen molar-refractivity contribution in [1.29, 1.82) is 0 Å². The predicted molar refractivity (Wildman–Crippen MR) is 75.8 cm³/mol. The van der Waals surface area contributed by atoms with E-state index in [9.17, 15) is 14.7 Å². The van der Waals surface area contributed by atoms with E-state index < -0.39 is 17.6 Å². The average molecular weight is 294 g/mol. The van der Waals surface area contributed by atoms with E-state index in [1.807, 2.05) is 18.4 Å². The Morgan fingerprint density at radius 1 is 1.55 bits per heavy atom. The van der Waals surface area contributed by atoms with Gasteiger partial charge in [-0.3, -0.25) is 4.79 Å². The maximum atomic E-state index is 12.8. The van der Waals surface area contributed by atoms with Gasteiger partial charge in [-0.2, -0.15) is 0 Å². The van der Waals surface area contributed by atoms with Gasteiger partial charge in [-0.25, -0.2) is 4.79 Å². The lowest BCUT2D eigenvalue weighted by Gasteiger charge is -2.38. The van der Waals surface area contributed by atoms with Crippen LogP contribution in [0.15, 0.2) is 11.4 Å². The summed E-state index contributed by atoms with van der Waals surface area (Å²) in [6.45, 7) is 3.18. The number of hydrogen-bond acceptors (Lipinski definition) is 4. The van der Waals surface area contributed by atoms with Crippen LogP contribution in [0.25, 0.3) is 0 Å². The molecule has 2 aliphatic rings. The van der Waals surface area contributed by atoms with Gasteiger partial charge < -0.3 is 15.3 Å². The highest BCUT2D eigenvalue weighted by molar-refractivity contribution is 7.10. The monoisotopic (exact) mass is 294 g/mol. The molecule has 108 valence electrons. The number of carboxylic acids is 1. The summed E-state index contributed by atoms with van der Waals surface area (Å²) >= 11 is 1.57. The molecule has 0 aliphatic carbocycles. The van der Waals surface area contributed by atoms with Crippen LogP contribution in [-0.4, -0.2) is 40.5 Å². The Labute approximate surface area is 121 Å². The van der Waals surface area contributed by atoms with Crippen LogP contribution in [0.5, 0.6) is 0 Å². The molecule has 1 aromatic rings. The van der Waals surface area contributed by atoms with E-state index in [1.165, 1.54) is 4.90 Å². The first kappa shape index (κ1) is 13.6. The third kappa shape index (κ3) is 2.03. The molecular formula is C14H18N2O3S. The maximum absolute atomic E-state index is 12.8. The standard InChI is InChI=1S/C14H18N2O3S/c1-14(5-2-6-15-14)13(19)16-7-3-10-9(4-8-20-10)11(16)12(17)18/h4,8,11,15H,2-3,5-7H2,1H3,(H,17,18). The second-order valence-electron chi connectivity index (χ2n) is 5.65. The molecule has 20 heavy (non-hydrogen) atoms. The van der Waals surface area contributed by atoms with Crippen molar-refractivity contribution in [2.75, 3.05) is 13.1 Å². The van der Waals surface area contributed by atoms with Crippen LogP contribution in [0.3, 0.4) is 0 Å². The SMILES string of the molecule is CC1(C(=O)N2CCc3sccc3C2C(=O)O)CCCN1. The summed E-state index contributed by atoms with van der Waals surface area (Å²) < 4.78 is 0. The lowest BCUT2D eigenvalue weighted by atomic mass is 9.93. The van der Waals surface area contributed by atoms with E-state index in [4.69, 9.17) is 0 Å². The Kier molecular flexibility index (Phi) is 3.30. The minimum absolute atomic E-state index is 0.0840. The van der Waals surface area contributed by atoms with Crippen LogP contribution in [0.2, 0.25) is 0 Å². The van der Waals surface area contributed by atoms with Crippen molar-refractivity contribution >= 4 is 23.2 Å². The number of nitrogens with one attached hydrogen (secondary N) is 1. The summed E-state index contributed by atoms with van der Waals surface area (Å²) in [5.41, 5.74) is 0.171. The average Bonchev–Trinajstić information content (AvgIpc) is 3.05. The van der Waals surface area contributed by atoms with Gasteiger partial charge in [0.15, 0.2) is 6.04 Å². The van der Waals surface area contributed by atoms with Crippen molar-refractivity contribution in [2.45, 2.75) is 37.8 Å². The third-order valence-corrected chi connectivity index (χ3v) is 5.30. The van der Waals surface area contributed by atoms with Gasteiger partial charge in [-0.05, 0) is 49.7 Å². The number of fused-ring (bicyclic) bond motifs is 1. The first-order chi connectivity index (χ1) is 9.53. The molecule has 3 heterocycles. The zero-order valence-electron chi connectivity index (χ0n) is 11.4. The fourth-order valence-electron chi connectivity index (χ4n) is 3.20. The summed E-state index contributed by atoms with van der Waals surface area (Å²) in [5.74, 6) is -1.03. The summed E-state index contributed by atoms with van der Waals surface area (Å²) in [6.07, 6.45) is 2.47. The van der Waals surface area contributed by atoms with E-state index >= 15 is 0 Å². The first-order valence-electron chi connectivity index (χ1n) is 6.88. The largest absolute Gasteiger partial charge is 0.479 e. The van der Waals surface area contributed by atoms with E-state index in [2.05, 4.69) is 5.32 Å². The fraction of sp³-hybridized carbons (Fsp3) is 0.571. The Bertz CT molecular complexity index is 548. The van der Waals surface area contributed by atoms with E-state index in [0.717, 1.165) is 36.2 Å². The maximum Gasteiger partial charge on any atom is 0.331 e. The topological polar surface area (TPSA) is 69.6 Å². The van der Waals surface area contributed by atoms with Crippen LogP contribution in [0, 0.1) is 0 Å². The number of carbonyl (C=O) groups excluding carboxylic acids is 1. The first-order valence-corrected chi connectivity index (χ1v) is 7.76.